The number of allylic oxidation sites excluding steroid dienone is 3. The smallest absolute Gasteiger partial charge is 0.102 e. The molecule has 0 heterocycles. The Kier molecular flexibility index (Phi) is 6.14. The van der Waals surface area contributed by atoms with Gasteiger partial charge in [0.2, 0.25) is 0 Å². The maximum absolute atomic E-state index is 2.45. The van der Waals surface area contributed by atoms with E-state index >= 15 is 0 Å². The van der Waals surface area contributed by atoms with E-state index in [1.807, 2.05) is 0 Å². The molecule has 0 amide bonds. The fraction of sp³-hybridized carbons (Fsp3) is 0.765. The molecule has 1 aliphatic rings. The number of nitrogens with two attached hydrogens (primary N) is 1. The van der Waals surface area contributed by atoms with Crippen LogP contribution in [0.1, 0.15) is 66.7 Å². The molecule has 1 nitrogen and oxygen atoms in total. The Morgan fingerprint density at radius 1 is 1.39 bits per heavy atom. The van der Waals surface area contributed by atoms with Crippen LogP contribution in [0.15, 0.2) is 23.3 Å². The van der Waals surface area contributed by atoms with Gasteiger partial charge in [0.15, 0.2) is 0 Å². The predicted octanol–water partition coefficient (Wildman–Crippen LogP) is 3.82. The molecule has 0 aromatic rings. The van der Waals surface area contributed by atoms with E-state index in [2.05, 4.69) is 52.1 Å². The second-order valence-electron chi connectivity index (χ2n) is 6.53. The van der Waals surface area contributed by atoms with E-state index < -0.39 is 0 Å². The molecule has 0 aromatic heterocycles. The van der Waals surface area contributed by atoms with E-state index in [0.29, 0.717) is 11.5 Å². The summed E-state index contributed by atoms with van der Waals surface area (Å²) in [5, 5.41) is 2.45. The van der Waals surface area contributed by atoms with Gasteiger partial charge in [-0.15, -0.1) is 0 Å². The largest absolute Gasteiger partial charge is 0.341 e. The van der Waals surface area contributed by atoms with E-state index in [1.54, 1.807) is 11.1 Å². The first-order valence-corrected chi connectivity index (χ1v) is 7.69. The van der Waals surface area contributed by atoms with Gasteiger partial charge in [-0.2, -0.15) is 0 Å². The minimum atomic E-state index is 0.377. The molecule has 0 radical (unpaired) electrons. The Balaban J connectivity index is 2.59. The van der Waals surface area contributed by atoms with Crippen molar-refractivity contribution in [1.82, 2.24) is 0 Å². The average Bonchev–Trinajstić information content (AvgIpc) is 2.28. The summed E-state index contributed by atoms with van der Waals surface area (Å²) in [5.74, 6) is 0. The van der Waals surface area contributed by atoms with Gasteiger partial charge in [-0.25, -0.2) is 0 Å². The van der Waals surface area contributed by atoms with Gasteiger partial charge in [-0.05, 0) is 56.6 Å². The van der Waals surface area contributed by atoms with Crippen LogP contribution in [0.25, 0.3) is 0 Å². The molecule has 0 aliphatic heterocycles. The van der Waals surface area contributed by atoms with Gasteiger partial charge in [-0.3, -0.25) is 0 Å². The average molecular weight is 250 g/mol. The lowest BCUT2D eigenvalue weighted by molar-refractivity contribution is -0.676. The molecule has 1 atom stereocenters. The second-order valence-corrected chi connectivity index (χ2v) is 6.53. The van der Waals surface area contributed by atoms with E-state index in [9.17, 15) is 0 Å². The van der Waals surface area contributed by atoms with Gasteiger partial charge in [0, 0.05) is 0 Å². The molecular formula is C17H32N+. The Bertz CT molecular complexity index is 310. The van der Waals surface area contributed by atoms with Crippen molar-refractivity contribution in [3.63, 3.8) is 0 Å². The van der Waals surface area contributed by atoms with Crippen molar-refractivity contribution in [3.05, 3.63) is 23.3 Å². The van der Waals surface area contributed by atoms with Gasteiger partial charge < -0.3 is 5.32 Å². The topological polar surface area (TPSA) is 16.6 Å². The van der Waals surface area contributed by atoms with E-state index in [1.165, 1.54) is 38.6 Å². The van der Waals surface area contributed by atoms with Crippen LogP contribution in [0.4, 0.5) is 0 Å². The fourth-order valence-corrected chi connectivity index (χ4v) is 2.92. The van der Waals surface area contributed by atoms with E-state index in [-0.39, 0.29) is 0 Å². The first kappa shape index (κ1) is 15.5. The Morgan fingerprint density at radius 2 is 2.11 bits per heavy atom. The molecule has 0 bridgehead atoms. The molecule has 1 rings (SSSR count). The Morgan fingerprint density at radius 3 is 2.72 bits per heavy atom. The first-order chi connectivity index (χ1) is 8.47. The van der Waals surface area contributed by atoms with Crippen molar-refractivity contribution in [2.75, 3.05) is 6.54 Å². The van der Waals surface area contributed by atoms with Crippen LogP contribution in [0.3, 0.4) is 0 Å². The van der Waals surface area contributed by atoms with Gasteiger partial charge in [0.05, 0.1) is 6.54 Å². The number of hydrogen-bond acceptors (Lipinski definition) is 0. The van der Waals surface area contributed by atoms with Crippen LogP contribution in [0.2, 0.25) is 0 Å². The van der Waals surface area contributed by atoms with Crippen molar-refractivity contribution in [2.45, 2.75) is 72.8 Å². The monoisotopic (exact) mass is 250 g/mol. The molecule has 104 valence electrons. The Labute approximate surface area is 114 Å². The van der Waals surface area contributed by atoms with Crippen LogP contribution in [-0.2, 0) is 0 Å². The van der Waals surface area contributed by atoms with Gasteiger partial charge in [0.1, 0.15) is 6.04 Å². The highest BCUT2D eigenvalue weighted by Crippen LogP contribution is 2.40. The molecule has 0 aromatic carbocycles. The van der Waals surface area contributed by atoms with Crippen molar-refractivity contribution < 1.29 is 5.32 Å². The zero-order valence-electron chi connectivity index (χ0n) is 13.1. The number of hydrogen-bond donors (Lipinski definition) is 1. The lowest BCUT2D eigenvalue weighted by Crippen LogP contribution is -2.88. The summed E-state index contributed by atoms with van der Waals surface area (Å²) in [6.07, 6.45) is 11.4. The second kappa shape index (κ2) is 7.13. The third-order valence-electron chi connectivity index (χ3n) is 4.21. The van der Waals surface area contributed by atoms with Crippen molar-refractivity contribution >= 4 is 0 Å². The quantitative estimate of drug-likeness (QED) is 0.690. The fourth-order valence-electron chi connectivity index (χ4n) is 2.92. The van der Waals surface area contributed by atoms with Crippen LogP contribution >= 0.6 is 0 Å². The zero-order valence-corrected chi connectivity index (χ0v) is 13.1. The molecule has 0 saturated carbocycles. The molecule has 0 saturated heterocycles. The number of rotatable bonds is 6. The van der Waals surface area contributed by atoms with Crippen molar-refractivity contribution in [1.29, 1.82) is 0 Å². The predicted molar refractivity (Wildman–Crippen MR) is 80.6 cm³/mol. The molecule has 2 N–H and O–H groups in total. The highest BCUT2D eigenvalue weighted by Gasteiger charge is 2.26. The molecule has 1 heteroatoms. The summed E-state index contributed by atoms with van der Waals surface area (Å²) in [7, 11) is 0. The molecule has 18 heavy (non-hydrogen) atoms. The van der Waals surface area contributed by atoms with Crippen molar-refractivity contribution in [2.24, 2.45) is 5.41 Å². The summed E-state index contributed by atoms with van der Waals surface area (Å²) in [6, 6.07) is 0.606. The minimum Gasteiger partial charge on any atom is -0.341 e. The third-order valence-corrected chi connectivity index (χ3v) is 4.21. The van der Waals surface area contributed by atoms with Gasteiger partial charge >= 0.3 is 0 Å². The number of quaternary nitrogens is 1. The SMILES string of the molecule is CCCC[NH2+][C@@H](C)/C=C/C1=C(C)CCCC1(C)C. The van der Waals surface area contributed by atoms with Crippen molar-refractivity contribution in [3.8, 4) is 0 Å². The summed E-state index contributed by atoms with van der Waals surface area (Å²) < 4.78 is 0. The van der Waals surface area contributed by atoms with Gasteiger partial charge in [-0.1, -0.05) is 38.8 Å². The molecule has 0 spiro atoms. The third kappa shape index (κ3) is 4.61. The molecule has 0 fully saturated rings. The Hall–Kier alpha value is -0.560. The van der Waals surface area contributed by atoms with E-state index in [4.69, 9.17) is 0 Å². The summed E-state index contributed by atoms with van der Waals surface area (Å²) >= 11 is 0. The molecule has 0 unspecified atom stereocenters. The zero-order chi connectivity index (χ0) is 13.6. The maximum Gasteiger partial charge on any atom is 0.102 e. The van der Waals surface area contributed by atoms with Crippen LogP contribution in [0.5, 0.6) is 0 Å². The van der Waals surface area contributed by atoms with E-state index in [0.717, 1.165) is 0 Å². The molecular weight excluding hydrogens is 218 g/mol. The minimum absolute atomic E-state index is 0.377. The lowest BCUT2D eigenvalue weighted by Gasteiger charge is -2.33. The highest BCUT2D eigenvalue weighted by atomic mass is 14.9. The van der Waals surface area contributed by atoms with Crippen LogP contribution < -0.4 is 5.32 Å². The molecule has 1 aliphatic carbocycles. The highest BCUT2D eigenvalue weighted by molar-refractivity contribution is 5.32. The first-order valence-electron chi connectivity index (χ1n) is 7.69. The maximum atomic E-state index is 2.45. The number of unbranched alkanes of at least 4 members (excludes halogenated alkanes) is 1. The van der Waals surface area contributed by atoms with Crippen LogP contribution in [0, 0.1) is 5.41 Å². The summed E-state index contributed by atoms with van der Waals surface area (Å²) in [4.78, 5) is 0. The summed E-state index contributed by atoms with van der Waals surface area (Å²) in [6.45, 7) is 12.9. The van der Waals surface area contributed by atoms with Gasteiger partial charge in [0.25, 0.3) is 0 Å². The van der Waals surface area contributed by atoms with Crippen LogP contribution in [-0.4, -0.2) is 12.6 Å². The standard InChI is InChI=1S/C17H31N/c1-6-7-13-18-15(3)10-11-16-14(2)9-8-12-17(16,4)5/h10-11,15,18H,6-9,12-13H2,1-5H3/p+1/b11-10+/t15-/m0/s1. The normalized spacial score (nSPS) is 21.6. The summed E-state index contributed by atoms with van der Waals surface area (Å²) in [5.41, 5.74) is 3.56. The lowest BCUT2D eigenvalue weighted by atomic mass is 9.72.